The van der Waals surface area contributed by atoms with Gasteiger partial charge < -0.3 is 9.64 Å². The second-order valence-electron chi connectivity index (χ2n) is 9.19. The van der Waals surface area contributed by atoms with Gasteiger partial charge >= 0.3 is 0 Å². The van der Waals surface area contributed by atoms with Crippen LogP contribution in [0.15, 0.2) is 54.2 Å². The van der Waals surface area contributed by atoms with Crippen molar-refractivity contribution < 1.29 is 18.7 Å². The maximum atomic E-state index is 13.6. The van der Waals surface area contributed by atoms with Crippen molar-refractivity contribution >= 4 is 23.1 Å². The Balaban J connectivity index is 1.75. The zero-order valence-electron chi connectivity index (χ0n) is 19.0. The van der Waals surface area contributed by atoms with Crippen molar-refractivity contribution in [1.82, 2.24) is 4.90 Å². The summed E-state index contributed by atoms with van der Waals surface area (Å²) in [6.07, 6.45) is 1.11. The van der Waals surface area contributed by atoms with Gasteiger partial charge in [-0.05, 0) is 74.1 Å². The van der Waals surface area contributed by atoms with Crippen molar-refractivity contribution in [2.75, 3.05) is 18.0 Å². The lowest BCUT2D eigenvalue weighted by molar-refractivity contribution is -0.120. The molecule has 0 aromatic heterocycles. The van der Waals surface area contributed by atoms with Crippen LogP contribution in [0, 0.1) is 17.7 Å². The van der Waals surface area contributed by atoms with E-state index in [4.69, 9.17) is 4.74 Å². The van der Waals surface area contributed by atoms with Crippen molar-refractivity contribution in [2.45, 2.75) is 40.2 Å². The average Bonchev–Trinajstić information content (AvgIpc) is 2.98. The molecule has 0 bridgehead atoms. The van der Waals surface area contributed by atoms with Crippen LogP contribution in [0.25, 0.3) is 5.57 Å². The lowest BCUT2D eigenvalue weighted by Gasteiger charge is -2.37. The molecule has 2 amide bonds. The highest BCUT2D eigenvalue weighted by atomic mass is 19.1. The Labute approximate surface area is 188 Å². The lowest BCUT2D eigenvalue weighted by atomic mass is 9.91. The number of imide groups is 1. The van der Waals surface area contributed by atoms with Gasteiger partial charge in [-0.15, -0.1) is 0 Å². The van der Waals surface area contributed by atoms with Crippen molar-refractivity contribution in [1.29, 1.82) is 0 Å². The van der Waals surface area contributed by atoms with Crippen LogP contribution in [-0.4, -0.2) is 35.9 Å². The minimum absolute atomic E-state index is 0.0253. The highest BCUT2D eigenvalue weighted by Gasteiger charge is 2.43. The van der Waals surface area contributed by atoms with Gasteiger partial charge in [0.25, 0.3) is 11.8 Å². The van der Waals surface area contributed by atoms with Gasteiger partial charge in [-0.2, -0.15) is 0 Å². The number of amides is 2. The predicted molar refractivity (Wildman–Crippen MR) is 123 cm³/mol. The van der Waals surface area contributed by atoms with Gasteiger partial charge in [0.05, 0.1) is 17.4 Å². The number of carbonyl (C=O) groups excluding carboxylic acids is 2. The number of benzene rings is 2. The summed E-state index contributed by atoms with van der Waals surface area (Å²) >= 11 is 0. The van der Waals surface area contributed by atoms with Crippen LogP contribution in [0.5, 0.6) is 5.75 Å². The number of piperidine rings is 1. The van der Waals surface area contributed by atoms with Crippen LogP contribution in [0.1, 0.15) is 39.7 Å². The lowest BCUT2D eigenvalue weighted by Crippen LogP contribution is -2.42. The molecule has 2 unspecified atom stereocenters. The number of hydrogen-bond acceptors (Lipinski definition) is 4. The van der Waals surface area contributed by atoms with E-state index in [1.165, 1.54) is 17.0 Å². The van der Waals surface area contributed by atoms with Crippen LogP contribution in [0.4, 0.5) is 10.1 Å². The fraction of sp³-hybridized carbons (Fsp3) is 0.385. The summed E-state index contributed by atoms with van der Waals surface area (Å²) < 4.78 is 19.3. The van der Waals surface area contributed by atoms with E-state index in [0.717, 1.165) is 6.42 Å². The van der Waals surface area contributed by atoms with Gasteiger partial charge in [0, 0.05) is 13.1 Å². The molecule has 0 spiro atoms. The zero-order valence-corrected chi connectivity index (χ0v) is 19.0. The molecule has 168 valence electrons. The van der Waals surface area contributed by atoms with E-state index in [1.54, 1.807) is 36.4 Å². The molecule has 1 fully saturated rings. The van der Waals surface area contributed by atoms with Crippen molar-refractivity contribution in [3.8, 4) is 5.75 Å². The molecular formula is C26H29FN2O3. The van der Waals surface area contributed by atoms with Crippen molar-refractivity contribution in [3.05, 3.63) is 65.6 Å². The Morgan fingerprint density at radius 1 is 0.906 bits per heavy atom. The molecule has 2 heterocycles. The van der Waals surface area contributed by atoms with E-state index in [0.29, 0.717) is 53.2 Å². The van der Waals surface area contributed by atoms with Crippen molar-refractivity contribution in [3.63, 3.8) is 0 Å². The van der Waals surface area contributed by atoms with E-state index in [1.807, 2.05) is 18.7 Å². The number of hydrogen-bond donors (Lipinski definition) is 0. The third kappa shape index (κ3) is 4.27. The average molecular weight is 437 g/mol. The molecule has 2 atom stereocenters. The van der Waals surface area contributed by atoms with Gasteiger partial charge in [0.1, 0.15) is 17.3 Å². The highest BCUT2D eigenvalue weighted by molar-refractivity contribution is 6.45. The molecule has 6 heteroatoms. The molecule has 4 rings (SSSR count). The summed E-state index contributed by atoms with van der Waals surface area (Å²) in [4.78, 5) is 30.5. The molecule has 0 radical (unpaired) electrons. The van der Waals surface area contributed by atoms with E-state index >= 15 is 0 Å². The molecule has 1 saturated heterocycles. The number of rotatable bonds is 5. The zero-order chi connectivity index (χ0) is 23.0. The molecule has 2 aromatic carbocycles. The summed E-state index contributed by atoms with van der Waals surface area (Å²) in [5.74, 6) is 0.377. The Morgan fingerprint density at radius 2 is 1.50 bits per heavy atom. The Hall–Kier alpha value is -3.15. The largest absolute Gasteiger partial charge is 0.491 e. The first-order valence-corrected chi connectivity index (χ1v) is 11.1. The van der Waals surface area contributed by atoms with Gasteiger partial charge in [-0.25, -0.2) is 9.29 Å². The SMILES string of the molecule is CC1CC(C)CN(C2=C(c3ccc(F)cc3)C(=O)N(c3ccc(OC(C)C)cc3)C2=O)C1. The maximum Gasteiger partial charge on any atom is 0.282 e. The molecule has 5 nitrogen and oxygen atoms in total. The molecule has 0 N–H and O–H groups in total. The highest BCUT2D eigenvalue weighted by Crippen LogP contribution is 2.37. The number of anilines is 1. The van der Waals surface area contributed by atoms with E-state index < -0.39 is 0 Å². The fourth-order valence-electron chi connectivity index (χ4n) is 4.71. The Kier molecular flexibility index (Phi) is 6.04. The summed E-state index contributed by atoms with van der Waals surface area (Å²) in [5.41, 5.74) is 1.78. The molecule has 2 aliphatic rings. The maximum absolute atomic E-state index is 13.6. The van der Waals surface area contributed by atoms with Crippen LogP contribution in [-0.2, 0) is 9.59 Å². The first-order chi connectivity index (χ1) is 15.2. The van der Waals surface area contributed by atoms with Crippen LogP contribution in [0.3, 0.4) is 0 Å². The summed E-state index contributed by atoms with van der Waals surface area (Å²) in [7, 11) is 0. The van der Waals surface area contributed by atoms with Crippen LogP contribution in [0.2, 0.25) is 0 Å². The summed E-state index contributed by atoms with van der Waals surface area (Å²) in [6.45, 7) is 9.61. The predicted octanol–water partition coefficient (Wildman–Crippen LogP) is 4.88. The quantitative estimate of drug-likeness (QED) is 0.627. The standard InChI is InChI=1S/C26H29FN2O3/c1-16(2)32-22-11-9-21(10-12-22)29-25(30)23(19-5-7-20(27)8-6-19)24(26(29)31)28-14-17(3)13-18(4)15-28/h5-12,16-18H,13-15H2,1-4H3. The number of carbonyl (C=O) groups is 2. The van der Waals surface area contributed by atoms with E-state index in [-0.39, 0.29) is 23.7 Å². The van der Waals surface area contributed by atoms with E-state index in [9.17, 15) is 14.0 Å². The molecule has 32 heavy (non-hydrogen) atoms. The first-order valence-electron chi connectivity index (χ1n) is 11.1. The molecule has 0 aliphatic carbocycles. The fourth-order valence-corrected chi connectivity index (χ4v) is 4.71. The second-order valence-corrected chi connectivity index (χ2v) is 9.19. The number of halogens is 1. The topological polar surface area (TPSA) is 49.9 Å². The molecule has 0 saturated carbocycles. The number of ether oxygens (including phenoxy) is 1. The monoisotopic (exact) mass is 436 g/mol. The molecular weight excluding hydrogens is 407 g/mol. The van der Waals surface area contributed by atoms with E-state index in [2.05, 4.69) is 13.8 Å². The second kappa shape index (κ2) is 8.77. The normalized spacial score (nSPS) is 21.7. The van der Waals surface area contributed by atoms with Gasteiger partial charge in [0.15, 0.2) is 0 Å². The smallest absolute Gasteiger partial charge is 0.282 e. The molecule has 2 aliphatic heterocycles. The Morgan fingerprint density at radius 3 is 2.06 bits per heavy atom. The minimum atomic E-state index is -0.389. The third-order valence-corrected chi connectivity index (χ3v) is 5.84. The number of nitrogens with zero attached hydrogens (tertiary/aromatic N) is 2. The van der Waals surface area contributed by atoms with Crippen molar-refractivity contribution in [2.24, 2.45) is 11.8 Å². The Bertz CT molecular complexity index is 1030. The first kappa shape index (κ1) is 22.1. The summed E-state index contributed by atoms with van der Waals surface area (Å²) in [6, 6.07) is 12.7. The number of likely N-dealkylation sites (tertiary alicyclic amines) is 1. The minimum Gasteiger partial charge on any atom is -0.491 e. The summed E-state index contributed by atoms with van der Waals surface area (Å²) in [5, 5.41) is 0. The van der Waals surface area contributed by atoms with Crippen LogP contribution < -0.4 is 9.64 Å². The van der Waals surface area contributed by atoms with Gasteiger partial charge in [-0.3, -0.25) is 9.59 Å². The van der Waals surface area contributed by atoms with Crippen LogP contribution >= 0.6 is 0 Å². The van der Waals surface area contributed by atoms with Gasteiger partial charge in [-0.1, -0.05) is 26.0 Å². The molecule has 2 aromatic rings. The van der Waals surface area contributed by atoms with Gasteiger partial charge in [0.2, 0.25) is 0 Å². The third-order valence-electron chi connectivity index (χ3n) is 5.84.